The van der Waals surface area contributed by atoms with E-state index in [9.17, 15) is 13.7 Å². The predicted octanol–water partition coefficient (Wildman–Crippen LogP) is 3.62. The Morgan fingerprint density at radius 1 is 1.48 bits per heavy atom. The minimum absolute atomic E-state index is 0.198. The molecule has 2 aromatic rings. The van der Waals surface area contributed by atoms with E-state index < -0.39 is 15.9 Å². The fraction of sp³-hybridized carbons (Fsp3) is 0.333. The number of thiophene rings is 1. The predicted molar refractivity (Wildman–Crippen MR) is 108 cm³/mol. The van der Waals surface area contributed by atoms with Crippen LogP contribution in [0.3, 0.4) is 0 Å². The third kappa shape index (κ3) is 4.29. The molecule has 0 aliphatic carbocycles. The van der Waals surface area contributed by atoms with E-state index in [1.807, 2.05) is 0 Å². The molecule has 1 aliphatic heterocycles. The first kappa shape index (κ1) is 20.1. The summed E-state index contributed by atoms with van der Waals surface area (Å²) < 4.78 is 24.6. The normalized spacial score (nSPS) is 21.6. The summed E-state index contributed by atoms with van der Waals surface area (Å²) in [4.78, 5) is 13.5. The number of carbonyl (C=O) groups is 1. The van der Waals surface area contributed by atoms with E-state index >= 15 is 0 Å². The van der Waals surface area contributed by atoms with Gasteiger partial charge in [-0.25, -0.2) is 4.39 Å². The largest absolute Gasteiger partial charge is 0.616 e. The van der Waals surface area contributed by atoms with E-state index in [1.54, 1.807) is 32.0 Å². The van der Waals surface area contributed by atoms with Gasteiger partial charge in [-0.2, -0.15) is 0 Å². The molecule has 1 aromatic carbocycles. The number of rotatable bonds is 4. The van der Waals surface area contributed by atoms with Crippen molar-refractivity contribution in [2.24, 2.45) is 0 Å². The quantitative estimate of drug-likeness (QED) is 0.651. The first-order chi connectivity index (χ1) is 12.7. The van der Waals surface area contributed by atoms with Gasteiger partial charge in [-0.3, -0.25) is 10.2 Å². The van der Waals surface area contributed by atoms with Crippen molar-refractivity contribution < 1.29 is 13.7 Å². The van der Waals surface area contributed by atoms with E-state index in [0.717, 1.165) is 5.56 Å². The number of hydrogen-bond donors (Lipinski definition) is 3. The van der Waals surface area contributed by atoms with Crippen molar-refractivity contribution in [3.63, 3.8) is 0 Å². The summed E-state index contributed by atoms with van der Waals surface area (Å²) in [6.07, 6.45) is 0. The molecule has 1 amide bonds. The summed E-state index contributed by atoms with van der Waals surface area (Å²) in [7, 11) is 0. The molecule has 144 valence electrons. The molecule has 1 aromatic heterocycles. The Bertz CT molecular complexity index is 870. The zero-order valence-corrected chi connectivity index (χ0v) is 17.2. The lowest BCUT2D eigenvalue weighted by Crippen LogP contribution is -2.56. The second-order valence-electron chi connectivity index (χ2n) is 6.73. The molecular formula is C18H19ClFN3O2S2. The van der Waals surface area contributed by atoms with Crippen LogP contribution < -0.4 is 10.6 Å². The average molecular weight is 428 g/mol. The van der Waals surface area contributed by atoms with Gasteiger partial charge < -0.3 is 15.2 Å². The highest BCUT2D eigenvalue weighted by Gasteiger charge is 2.45. The maximum absolute atomic E-state index is 12.9. The minimum atomic E-state index is -1.22. The second kappa shape index (κ2) is 7.79. The molecule has 0 saturated carbocycles. The van der Waals surface area contributed by atoms with Crippen LogP contribution in [0.4, 0.5) is 4.39 Å². The molecule has 27 heavy (non-hydrogen) atoms. The summed E-state index contributed by atoms with van der Waals surface area (Å²) in [5.41, 5.74) is 0.785. The molecule has 0 bridgehead atoms. The summed E-state index contributed by atoms with van der Waals surface area (Å²) in [6, 6.07) is 7.12. The van der Waals surface area contributed by atoms with E-state index in [0.29, 0.717) is 20.5 Å². The van der Waals surface area contributed by atoms with Crippen LogP contribution in [-0.2, 0) is 17.7 Å². The molecule has 0 radical (unpaired) electrons. The van der Waals surface area contributed by atoms with Gasteiger partial charge in [-0.15, -0.1) is 11.3 Å². The maximum Gasteiger partial charge on any atom is 0.261 e. The average Bonchev–Trinajstić information content (AvgIpc) is 3.01. The van der Waals surface area contributed by atoms with Gasteiger partial charge in [-0.1, -0.05) is 23.7 Å². The van der Waals surface area contributed by atoms with Crippen molar-refractivity contribution >= 4 is 45.9 Å². The van der Waals surface area contributed by atoms with Gasteiger partial charge in [0.05, 0.1) is 14.8 Å². The van der Waals surface area contributed by atoms with Crippen LogP contribution >= 0.6 is 22.9 Å². The lowest BCUT2D eigenvalue weighted by molar-refractivity contribution is 0.0955. The van der Waals surface area contributed by atoms with Gasteiger partial charge in [0.25, 0.3) is 5.91 Å². The highest BCUT2D eigenvalue weighted by molar-refractivity contribution is 7.93. The molecule has 2 unspecified atom stereocenters. The Hall–Kier alpha value is -1.61. The molecule has 1 fully saturated rings. The number of carbonyl (C=O) groups excluding carboxylic acids is 1. The Kier molecular flexibility index (Phi) is 5.81. The standard InChI is InChI=1S/C18H19ClFN3O2S2/c1-18(2)17(21)23-13(9-27(18)25)15-12(19)7-14(26-15)16(24)22-8-10-3-5-11(20)6-4-10/h3-7,13H,8-9H2,1-2H3,(H2,21,23)(H,22,24). The van der Waals surface area contributed by atoms with Crippen molar-refractivity contribution in [1.82, 2.24) is 10.6 Å². The summed E-state index contributed by atoms with van der Waals surface area (Å²) in [6.45, 7) is 3.80. The topological polar surface area (TPSA) is 88.0 Å². The molecule has 1 saturated heterocycles. The van der Waals surface area contributed by atoms with Gasteiger partial charge in [0.1, 0.15) is 17.6 Å². The number of nitrogens with one attached hydrogen (secondary N) is 3. The van der Waals surface area contributed by atoms with E-state index in [-0.39, 0.29) is 30.1 Å². The van der Waals surface area contributed by atoms with Gasteiger partial charge in [0.2, 0.25) is 0 Å². The highest BCUT2D eigenvalue weighted by Crippen LogP contribution is 2.37. The van der Waals surface area contributed by atoms with Gasteiger partial charge in [0, 0.05) is 6.54 Å². The van der Waals surface area contributed by atoms with Crippen LogP contribution in [0, 0.1) is 11.2 Å². The van der Waals surface area contributed by atoms with Crippen molar-refractivity contribution in [3.8, 4) is 0 Å². The van der Waals surface area contributed by atoms with Crippen LogP contribution in [0.2, 0.25) is 5.02 Å². The number of amidine groups is 1. The number of benzene rings is 1. The lowest BCUT2D eigenvalue weighted by atomic mass is 10.1. The summed E-state index contributed by atoms with van der Waals surface area (Å²) in [5, 5.41) is 14.3. The summed E-state index contributed by atoms with van der Waals surface area (Å²) in [5.74, 6) is -0.0914. The summed E-state index contributed by atoms with van der Waals surface area (Å²) >= 11 is 6.30. The van der Waals surface area contributed by atoms with Crippen molar-refractivity contribution in [2.45, 2.75) is 31.2 Å². The zero-order valence-electron chi connectivity index (χ0n) is 14.8. The molecule has 3 rings (SSSR count). The highest BCUT2D eigenvalue weighted by atomic mass is 35.5. The molecule has 2 heterocycles. The first-order valence-corrected chi connectivity index (χ1v) is 10.8. The SMILES string of the molecule is CC1(C)C(=N)NC(c2sc(C(=O)NCc3ccc(F)cc3)cc2Cl)C[S+]1[O-]. The third-order valence-electron chi connectivity index (χ3n) is 4.43. The molecule has 2 atom stereocenters. The van der Waals surface area contributed by atoms with E-state index in [1.165, 1.54) is 23.5 Å². The minimum Gasteiger partial charge on any atom is -0.616 e. The second-order valence-corrected chi connectivity index (χ2v) is 10.3. The monoisotopic (exact) mass is 427 g/mol. The van der Waals surface area contributed by atoms with Crippen LogP contribution in [0.25, 0.3) is 0 Å². The molecular weight excluding hydrogens is 409 g/mol. The van der Waals surface area contributed by atoms with Crippen molar-refractivity contribution in [3.05, 3.63) is 56.5 Å². The van der Waals surface area contributed by atoms with E-state index in [4.69, 9.17) is 17.0 Å². The van der Waals surface area contributed by atoms with Crippen LogP contribution in [0.5, 0.6) is 0 Å². The molecule has 3 N–H and O–H groups in total. The number of halogens is 2. The van der Waals surface area contributed by atoms with Crippen LogP contribution in [-0.4, -0.2) is 26.8 Å². The molecule has 1 aliphatic rings. The van der Waals surface area contributed by atoms with Crippen LogP contribution in [0.15, 0.2) is 30.3 Å². The van der Waals surface area contributed by atoms with Gasteiger partial charge in [0.15, 0.2) is 10.6 Å². The molecule has 5 nitrogen and oxygen atoms in total. The first-order valence-electron chi connectivity index (χ1n) is 8.24. The van der Waals surface area contributed by atoms with Crippen LogP contribution in [0.1, 0.15) is 40.0 Å². The van der Waals surface area contributed by atoms with Gasteiger partial charge in [-0.05, 0) is 48.8 Å². The lowest BCUT2D eigenvalue weighted by Gasteiger charge is -2.38. The molecule has 0 spiro atoms. The fourth-order valence-electron chi connectivity index (χ4n) is 2.61. The maximum atomic E-state index is 12.9. The van der Waals surface area contributed by atoms with Gasteiger partial charge >= 0.3 is 0 Å². The zero-order chi connectivity index (χ0) is 19.8. The Labute approximate surface area is 169 Å². The fourth-order valence-corrected chi connectivity index (χ4v) is 5.41. The van der Waals surface area contributed by atoms with Crippen molar-refractivity contribution in [1.29, 1.82) is 5.41 Å². The van der Waals surface area contributed by atoms with E-state index in [2.05, 4.69) is 10.6 Å². The Balaban J connectivity index is 1.69. The Morgan fingerprint density at radius 2 is 2.15 bits per heavy atom. The smallest absolute Gasteiger partial charge is 0.261 e. The Morgan fingerprint density at radius 3 is 2.78 bits per heavy atom. The number of amides is 1. The third-order valence-corrected chi connectivity index (χ3v) is 8.08. The number of hydrogen-bond acceptors (Lipinski definition) is 4. The van der Waals surface area contributed by atoms with Crippen molar-refractivity contribution in [2.75, 3.05) is 5.75 Å². The molecule has 9 heteroatoms.